The number of carbonyl (C=O) groups excluding carboxylic acids is 1. The van der Waals surface area contributed by atoms with Gasteiger partial charge in [0, 0.05) is 44.7 Å². The lowest BCUT2D eigenvalue weighted by Gasteiger charge is -2.28. The molecule has 6 heteroatoms. The number of urea groups is 1. The van der Waals surface area contributed by atoms with Gasteiger partial charge in [0.25, 0.3) is 0 Å². The van der Waals surface area contributed by atoms with Gasteiger partial charge in [-0.1, -0.05) is 24.3 Å². The smallest absolute Gasteiger partial charge is 0.317 e. The van der Waals surface area contributed by atoms with E-state index in [-0.39, 0.29) is 17.9 Å². The molecule has 2 amide bonds. The maximum atomic E-state index is 13.9. The van der Waals surface area contributed by atoms with Gasteiger partial charge in [-0.05, 0) is 42.5 Å². The standard InChI is InChI=1S/C20H24FN3O2/c21-19-6-2-1-5-17(19)7-11-24(15-16-4-3-10-22-14-16)20(25)23-18-8-12-26-13-9-18/h1-6,10,14,18H,7-9,11-13,15H2,(H,23,25). The molecule has 2 aromatic rings. The minimum Gasteiger partial charge on any atom is -0.381 e. The highest BCUT2D eigenvalue weighted by atomic mass is 19.1. The third kappa shape index (κ3) is 5.26. The molecule has 0 spiro atoms. The predicted octanol–water partition coefficient (Wildman–Crippen LogP) is 3.15. The van der Waals surface area contributed by atoms with Crippen LogP contribution in [0.3, 0.4) is 0 Å². The van der Waals surface area contributed by atoms with E-state index in [4.69, 9.17) is 4.74 Å². The Labute approximate surface area is 153 Å². The van der Waals surface area contributed by atoms with Gasteiger partial charge in [-0.15, -0.1) is 0 Å². The zero-order valence-corrected chi connectivity index (χ0v) is 14.7. The Kier molecular flexibility index (Phi) is 6.55. The van der Waals surface area contributed by atoms with Crippen molar-refractivity contribution in [3.05, 3.63) is 65.7 Å². The van der Waals surface area contributed by atoms with Crippen LogP contribution in [0.5, 0.6) is 0 Å². The van der Waals surface area contributed by atoms with E-state index in [0.717, 1.165) is 18.4 Å². The summed E-state index contributed by atoms with van der Waals surface area (Å²) >= 11 is 0. The summed E-state index contributed by atoms with van der Waals surface area (Å²) in [7, 11) is 0. The van der Waals surface area contributed by atoms with Gasteiger partial charge in [-0.25, -0.2) is 9.18 Å². The number of halogens is 1. The number of carbonyl (C=O) groups is 1. The lowest BCUT2D eigenvalue weighted by Crippen LogP contribution is -2.47. The predicted molar refractivity (Wildman–Crippen MR) is 97.1 cm³/mol. The zero-order chi connectivity index (χ0) is 18.2. The number of hydrogen-bond donors (Lipinski definition) is 1. The molecule has 1 fully saturated rings. The van der Waals surface area contributed by atoms with Crippen LogP contribution in [0.1, 0.15) is 24.0 Å². The maximum absolute atomic E-state index is 13.9. The third-order valence-corrected chi connectivity index (χ3v) is 4.54. The molecular formula is C20H24FN3O2. The van der Waals surface area contributed by atoms with Crippen LogP contribution >= 0.6 is 0 Å². The number of hydrogen-bond acceptors (Lipinski definition) is 3. The fraction of sp³-hybridized carbons (Fsp3) is 0.400. The van der Waals surface area contributed by atoms with Crippen LogP contribution < -0.4 is 5.32 Å². The summed E-state index contributed by atoms with van der Waals surface area (Å²) in [5, 5.41) is 3.08. The first kappa shape index (κ1) is 18.3. The zero-order valence-electron chi connectivity index (χ0n) is 14.7. The molecule has 138 valence electrons. The van der Waals surface area contributed by atoms with E-state index in [1.165, 1.54) is 6.07 Å². The molecule has 1 N–H and O–H groups in total. The van der Waals surface area contributed by atoms with Crippen molar-refractivity contribution in [2.45, 2.75) is 31.8 Å². The van der Waals surface area contributed by atoms with Crippen molar-refractivity contribution in [3.8, 4) is 0 Å². The van der Waals surface area contributed by atoms with E-state index >= 15 is 0 Å². The number of nitrogens with zero attached hydrogens (tertiary/aromatic N) is 2. The number of rotatable bonds is 6. The molecule has 1 aliphatic heterocycles. The average Bonchev–Trinajstić information content (AvgIpc) is 2.68. The number of amides is 2. The van der Waals surface area contributed by atoms with Gasteiger partial charge in [0.15, 0.2) is 0 Å². The Morgan fingerprint density at radius 3 is 2.77 bits per heavy atom. The van der Waals surface area contributed by atoms with Crippen molar-refractivity contribution in [3.63, 3.8) is 0 Å². The summed E-state index contributed by atoms with van der Waals surface area (Å²) in [5.74, 6) is -0.237. The molecule has 0 bridgehead atoms. The van der Waals surface area contributed by atoms with E-state index in [1.54, 1.807) is 29.4 Å². The van der Waals surface area contributed by atoms with Crippen LogP contribution in [0.25, 0.3) is 0 Å². The summed E-state index contributed by atoms with van der Waals surface area (Å²) in [6.07, 6.45) is 5.56. The van der Waals surface area contributed by atoms with Gasteiger partial charge in [-0.3, -0.25) is 4.98 Å². The van der Waals surface area contributed by atoms with Crippen molar-refractivity contribution in [2.75, 3.05) is 19.8 Å². The molecule has 5 nitrogen and oxygen atoms in total. The van der Waals surface area contributed by atoms with Crippen LogP contribution in [0.15, 0.2) is 48.8 Å². The van der Waals surface area contributed by atoms with Gasteiger partial charge in [0.1, 0.15) is 5.82 Å². The molecular weight excluding hydrogens is 333 g/mol. The fourth-order valence-corrected chi connectivity index (χ4v) is 3.03. The topological polar surface area (TPSA) is 54.5 Å². The van der Waals surface area contributed by atoms with Gasteiger partial charge in [-0.2, -0.15) is 0 Å². The molecule has 0 saturated carbocycles. The first-order chi connectivity index (χ1) is 12.7. The van der Waals surface area contributed by atoms with Crippen molar-refractivity contribution in [1.82, 2.24) is 15.2 Å². The Morgan fingerprint density at radius 1 is 1.23 bits per heavy atom. The van der Waals surface area contributed by atoms with Gasteiger partial charge in [0.05, 0.1) is 0 Å². The lowest BCUT2D eigenvalue weighted by molar-refractivity contribution is 0.0779. The Bertz CT molecular complexity index is 705. The van der Waals surface area contributed by atoms with Crippen LogP contribution in [-0.4, -0.2) is 41.7 Å². The van der Waals surface area contributed by atoms with E-state index in [0.29, 0.717) is 38.3 Å². The molecule has 2 heterocycles. The number of aromatic nitrogens is 1. The molecule has 1 aromatic heterocycles. The van der Waals surface area contributed by atoms with Crippen molar-refractivity contribution < 1.29 is 13.9 Å². The summed E-state index contributed by atoms with van der Waals surface area (Å²) in [5.41, 5.74) is 1.56. The molecule has 0 aliphatic carbocycles. The largest absolute Gasteiger partial charge is 0.381 e. The molecule has 26 heavy (non-hydrogen) atoms. The lowest BCUT2D eigenvalue weighted by atomic mass is 10.1. The second-order valence-electron chi connectivity index (χ2n) is 6.46. The van der Waals surface area contributed by atoms with Crippen LogP contribution in [0.2, 0.25) is 0 Å². The Morgan fingerprint density at radius 2 is 2.04 bits per heavy atom. The van der Waals surface area contributed by atoms with Crippen molar-refractivity contribution >= 4 is 6.03 Å². The fourth-order valence-electron chi connectivity index (χ4n) is 3.03. The summed E-state index contributed by atoms with van der Waals surface area (Å²) < 4.78 is 19.2. The Balaban J connectivity index is 1.66. The second-order valence-corrected chi connectivity index (χ2v) is 6.46. The maximum Gasteiger partial charge on any atom is 0.317 e. The highest BCUT2D eigenvalue weighted by Gasteiger charge is 2.20. The first-order valence-electron chi connectivity index (χ1n) is 8.98. The monoisotopic (exact) mass is 357 g/mol. The minimum absolute atomic E-state index is 0.126. The third-order valence-electron chi connectivity index (χ3n) is 4.54. The number of nitrogens with one attached hydrogen (secondary N) is 1. The molecule has 0 unspecified atom stereocenters. The SMILES string of the molecule is O=C(NC1CCOCC1)N(CCc1ccccc1F)Cc1cccnc1. The van der Waals surface area contributed by atoms with E-state index < -0.39 is 0 Å². The quantitative estimate of drug-likeness (QED) is 0.864. The molecule has 1 saturated heterocycles. The molecule has 0 radical (unpaired) electrons. The summed E-state index contributed by atoms with van der Waals surface area (Å²) in [6, 6.07) is 10.5. The van der Waals surface area contributed by atoms with E-state index in [9.17, 15) is 9.18 Å². The molecule has 1 aliphatic rings. The highest BCUT2D eigenvalue weighted by Crippen LogP contribution is 2.12. The van der Waals surface area contributed by atoms with Gasteiger partial charge >= 0.3 is 6.03 Å². The molecule has 0 atom stereocenters. The van der Waals surface area contributed by atoms with Gasteiger partial charge in [0.2, 0.25) is 0 Å². The first-order valence-corrected chi connectivity index (χ1v) is 8.98. The van der Waals surface area contributed by atoms with Crippen LogP contribution in [-0.2, 0) is 17.7 Å². The molecule has 1 aromatic carbocycles. The Hall–Kier alpha value is -2.47. The van der Waals surface area contributed by atoms with Crippen LogP contribution in [0.4, 0.5) is 9.18 Å². The normalized spacial score (nSPS) is 14.8. The highest BCUT2D eigenvalue weighted by molar-refractivity contribution is 5.74. The number of pyridine rings is 1. The van der Waals surface area contributed by atoms with Crippen molar-refractivity contribution in [1.29, 1.82) is 0 Å². The molecule has 3 rings (SSSR count). The van der Waals surface area contributed by atoms with Gasteiger partial charge < -0.3 is 15.0 Å². The van der Waals surface area contributed by atoms with Crippen molar-refractivity contribution in [2.24, 2.45) is 0 Å². The second kappa shape index (κ2) is 9.29. The van der Waals surface area contributed by atoms with E-state index in [1.807, 2.05) is 18.2 Å². The average molecular weight is 357 g/mol. The van der Waals surface area contributed by atoms with E-state index in [2.05, 4.69) is 10.3 Å². The summed E-state index contributed by atoms with van der Waals surface area (Å²) in [4.78, 5) is 18.6. The number of benzene rings is 1. The summed E-state index contributed by atoms with van der Waals surface area (Å²) in [6.45, 7) is 2.22. The minimum atomic E-state index is -0.237. The van der Waals surface area contributed by atoms with Crippen LogP contribution in [0, 0.1) is 5.82 Å². The number of ether oxygens (including phenoxy) is 1.